The zero-order chi connectivity index (χ0) is 16.2. The van der Waals surface area contributed by atoms with E-state index in [0.717, 1.165) is 24.1 Å². The first-order valence-corrected chi connectivity index (χ1v) is 8.53. The second-order valence-corrected chi connectivity index (χ2v) is 5.97. The Balaban J connectivity index is 2.19. The molecule has 0 aliphatic heterocycles. The van der Waals surface area contributed by atoms with E-state index in [-0.39, 0.29) is 5.91 Å². The summed E-state index contributed by atoms with van der Waals surface area (Å²) in [6, 6.07) is 8.15. The molecule has 1 rings (SSSR count). The van der Waals surface area contributed by atoms with Crippen molar-refractivity contribution in [1.29, 1.82) is 0 Å². The lowest BCUT2D eigenvalue weighted by Gasteiger charge is -2.04. The van der Waals surface area contributed by atoms with Crippen molar-refractivity contribution < 1.29 is 4.79 Å². The van der Waals surface area contributed by atoms with Crippen molar-refractivity contribution in [2.45, 2.75) is 72.1 Å². The Morgan fingerprint density at radius 1 is 1.00 bits per heavy atom. The van der Waals surface area contributed by atoms with Crippen LogP contribution in [-0.2, 0) is 4.79 Å². The van der Waals surface area contributed by atoms with Crippen LogP contribution in [0.5, 0.6) is 0 Å². The summed E-state index contributed by atoms with van der Waals surface area (Å²) in [6.45, 7) is 6.20. The highest BCUT2D eigenvalue weighted by Crippen LogP contribution is 2.08. The van der Waals surface area contributed by atoms with Crippen molar-refractivity contribution in [2.75, 3.05) is 0 Å². The Morgan fingerprint density at radius 3 is 2.23 bits per heavy atom. The van der Waals surface area contributed by atoms with E-state index in [1.165, 1.54) is 37.7 Å². The number of aryl methyl sites for hydroxylation is 1. The van der Waals surface area contributed by atoms with Crippen molar-refractivity contribution in [1.82, 2.24) is 5.43 Å². The zero-order valence-corrected chi connectivity index (χ0v) is 14.3. The molecule has 1 amide bonds. The second-order valence-electron chi connectivity index (χ2n) is 5.97. The molecule has 0 heterocycles. The summed E-state index contributed by atoms with van der Waals surface area (Å²) in [5.74, 6) is 0.0139. The molecule has 0 aliphatic rings. The molecule has 0 radical (unpaired) electrons. The van der Waals surface area contributed by atoms with Crippen LogP contribution in [0.2, 0.25) is 0 Å². The molecule has 122 valence electrons. The highest BCUT2D eigenvalue weighted by atomic mass is 16.2. The molecule has 0 bridgehead atoms. The predicted molar refractivity (Wildman–Crippen MR) is 94.1 cm³/mol. The van der Waals surface area contributed by atoms with Gasteiger partial charge in [-0.05, 0) is 25.8 Å². The summed E-state index contributed by atoms with van der Waals surface area (Å²) in [6.07, 6.45) is 9.11. The topological polar surface area (TPSA) is 41.5 Å². The minimum absolute atomic E-state index is 0.0139. The smallest absolute Gasteiger partial charge is 0.240 e. The van der Waals surface area contributed by atoms with E-state index in [4.69, 9.17) is 0 Å². The van der Waals surface area contributed by atoms with Crippen molar-refractivity contribution in [2.24, 2.45) is 5.10 Å². The molecule has 1 N–H and O–H groups in total. The van der Waals surface area contributed by atoms with Crippen LogP contribution in [0.4, 0.5) is 0 Å². The minimum atomic E-state index is 0.0139. The van der Waals surface area contributed by atoms with Crippen LogP contribution in [0.1, 0.15) is 76.3 Å². The highest BCUT2D eigenvalue weighted by Gasteiger charge is 2.01. The van der Waals surface area contributed by atoms with Gasteiger partial charge in [-0.25, -0.2) is 5.43 Å². The van der Waals surface area contributed by atoms with Crippen LogP contribution < -0.4 is 5.43 Å². The Hall–Kier alpha value is -1.64. The Morgan fingerprint density at radius 2 is 1.59 bits per heavy atom. The molecule has 22 heavy (non-hydrogen) atoms. The number of benzene rings is 1. The normalized spacial score (nSPS) is 11.5. The van der Waals surface area contributed by atoms with Gasteiger partial charge in [0.05, 0.1) is 5.71 Å². The number of hydrogen-bond donors (Lipinski definition) is 1. The quantitative estimate of drug-likeness (QED) is 0.370. The van der Waals surface area contributed by atoms with Gasteiger partial charge in [-0.1, -0.05) is 75.3 Å². The van der Waals surface area contributed by atoms with Gasteiger partial charge in [-0.3, -0.25) is 4.79 Å². The van der Waals surface area contributed by atoms with E-state index in [0.29, 0.717) is 6.42 Å². The van der Waals surface area contributed by atoms with E-state index in [1.807, 2.05) is 19.1 Å². The summed E-state index contributed by atoms with van der Waals surface area (Å²) in [5, 5.41) is 4.18. The van der Waals surface area contributed by atoms with Gasteiger partial charge in [0.25, 0.3) is 0 Å². The van der Waals surface area contributed by atoms with E-state index < -0.39 is 0 Å². The van der Waals surface area contributed by atoms with Gasteiger partial charge in [0.1, 0.15) is 0 Å². The van der Waals surface area contributed by atoms with E-state index in [1.54, 1.807) is 0 Å². The largest absolute Gasteiger partial charge is 0.273 e. The third kappa shape index (κ3) is 7.96. The zero-order valence-electron chi connectivity index (χ0n) is 14.3. The fraction of sp³-hybridized carbons (Fsp3) is 0.579. The van der Waals surface area contributed by atoms with Gasteiger partial charge >= 0.3 is 0 Å². The Bertz CT molecular complexity index is 463. The number of nitrogens with one attached hydrogen (secondary N) is 1. The molecule has 0 unspecified atom stereocenters. The van der Waals surface area contributed by atoms with Gasteiger partial charge in [0.15, 0.2) is 0 Å². The standard InChI is InChI=1S/C19H30N2O/c1-4-5-6-7-8-9-10-11-19(22)21-20-17(3)18-14-12-16(2)13-15-18/h12-15H,4-11H2,1-3H3,(H,21,22). The number of carbonyl (C=O) groups excluding carboxylic acids is 1. The SMILES string of the molecule is CCCCCCCCCC(=O)NN=C(C)c1ccc(C)cc1. The number of amides is 1. The van der Waals surface area contributed by atoms with Crippen molar-refractivity contribution in [3.8, 4) is 0 Å². The lowest BCUT2D eigenvalue weighted by Crippen LogP contribution is -2.18. The molecule has 0 aromatic heterocycles. The number of unbranched alkanes of at least 4 members (excludes halogenated alkanes) is 6. The van der Waals surface area contributed by atoms with Crippen molar-refractivity contribution in [3.05, 3.63) is 35.4 Å². The number of rotatable bonds is 10. The number of hydrazone groups is 1. The summed E-state index contributed by atoms with van der Waals surface area (Å²) >= 11 is 0. The van der Waals surface area contributed by atoms with Gasteiger partial charge in [-0.2, -0.15) is 5.10 Å². The summed E-state index contributed by atoms with van der Waals surface area (Å²) in [7, 11) is 0. The van der Waals surface area contributed by atoms with Crippen LogP contribution in [-0.4, -0.2) is 11.6 Å². The van der Waals surface area contributed by atoms with E-state index in [2.05, 4.69) is 36.5 Å². The minimum Gasteiger partial charge on any atom is -0.273 e. The number of hydrogen-bond acceptors (Lipinski definition) is 2. The molecule has 0 saturated heterocycles. The number of nitrogens with zero attached hydrogens (tertiary/aromatic N) is 1. The first-order valence-electron chi connectivity index (χ1n) is 8.53. The molecule has 0 spiro atoms. The molecule has 3 nitrogen and oxygen atoms in total. The third-order valence-corrected chi connectivity index (χ3v) is 3.83. The average Bonchev–Trinajstić information content (AvgIpc) is 2.52. The molecule has 1 aromatic rings. The van der Waals surface area contributed by atoms with Crippen molar-refractivity contribution in [3.63, 3.8) is 0 Å². The molecule has 0 fully saturated rings. The van der Waals surface area contributed by atoms with Gasteiger partial charge in [0, 0.05) is 6.42 Å². The molecule has 3 heteroatoms. The molecule has 1 aromatic carbocycles. The maximum Gasteiger partial charge on any atom is 0.240 e. The Labute approximate surface area is 135 Å². The van der Waals surface area contributed by atoms with Crippen LogP contribution in [0.25, 0.3) is 0 Å². The first kappa shape index (κ1) is 18.4. The lowest BCUT2D eigenvalue weighted by atomic mass is 10.1. The molecule has 0 aliphatic carbocycles. The summed E-state index contributed by atoms with van der Waals surface area (Å²) in [4.78, 5) is 11.7. The van der Waals surface area contributed by atoms with E-state index in [9.17, 15) is 4.79 Å². The first-order chi connectivity index (χ1) is 10.6. The molecular weight excluding hydrogens is 272 g/mol. The van der Waals surface area contributed by atoms with Gasteiger partial charge < -0.3 is 0 Å². The van der Waals surface area contributed by atoms with Crippen LogP contribution in [0.3, 0.4) is 0 Å². The molecule has 0 atom stereocenters. The maximum atomic E-state index is 11.7. The van der Waals surface area contributed by atoms with Crippen LogP contribution >= 0.6 is 0 Å². The summed E-state index contributed by atoms with van der Waals surface area (Å²) in [5.41, 5.74) is 5.76. The van der Waals surface area contributed by atoms with Gasteiger partial charge in [0.2, 0.25) is 5.91 Å². The highest BCUT2D eigenvalue weighted by molar-refractivity contribution is 5.99. The predicted octanol–water partition coefficient (Wildman–Crippen LogP) is 4.98. The molecular formula is C19H30N2O. The van der Waals surface area contributed by atoms with Crippen LogP contribution in [0.15, 0.2) is 29.4 Å². The monoisotopic (exact) mass is 302 g/mol. The second kappa shape index (κ2) is 11.0. The van der Waals surface area contributed by atoms with Gasteiger partial charge in [-0.15, -0.1) is 0 Å². The molecule has 0 saturated carbocycles. The summed E-state index contributed by atoms with van der Waals surface area (Å²) < 4.78 is 0. The lowest BCUT2D eigenvalue weighted by molar-refractivity contribution is -0.121. The fourth-order valence-corrected chi connectivity index (χ4v) is 2.30. The van der Waals surface area contributed by atoms with E-state index >= 15 is 0 Å². The van der Waals surface area contributed by atoms with Crippen LogP contribution in [0, 0.1) is 6.92 Å². The maximum absolute atomic E-state index is 11.7. The third-order valence-electron chi connectivity index (χ3n) is 3.83. The fourth-order valence-electron chi connectivity index (χ4n) is 2.30. The Kier molecular flexibility index (Phi) is 9.20. The average molecular weight is 302 g/mol. The van der Waals surface area contributed by atoms with Crippen molar-refractivity contribution >= 4 is 11.6 Å². The number of carbonyl (C=O) groups is 1.